The summed E-state index contributed by atoms with van der Waals surface area (Å²) in [6.07, 6.45) is 0. The highest BCUT2D eigenvalue weighted by Gasteiger charge is 2.47. The third-order valence-corrected chi connectivity index (χ3v) is 9.91. The Kier molecular flexibility index (Phi) is 9.49. The van der Waals surface area contributed by atoms with Gasteiger partial charge in [0.15, 0.2) is 23.0 Å². The van der Waals surface area contributed by atoms with E-state index in [-0.39, 0.29) is 22.9 Å². The lowest BCUT2D eigenvalue weighted by atomic mass is 9.67. The maximum absolute atomic E-state index is 11.5. The van der Waals surface area contributed by atoms with Crippen LogP contribution in [0, 0.1) is 34.1 Å². The van der Waals surface area contributed by atoms with Crippen LogP contribution in [0.4, 0.5) is 11.4 Å². The average molecular weight is 741 g/mol. The summed E-state index contributed by atoms with van der Waals surface area (Å²) in [4.78, 5) is 22.1. The zero-order valence-electron chi connectivity index (χ0n) is 30.9. The lowest BCUT2D eigenvalue weighted by Gasteiger charge is -2.35. The van der Waals surface area contributed by atoms with E-state index in [0.29, 0.717) is 45.6 Å². The highest BCUT2D eigenvalue weighted by Crippen LogP contribution is 2.60. The third-order valence-electron chi connectivity index (χ3n) is 9.91. The van der Waals surface area contributed by atoms with E-state index in [1.807, 2.05) is 48.5 Å². The van der Waals surface area contributed by atoms with E-state index in [2.05, 4.69) is 24.3 Å². The molecule has 6 aromatic rings. The maximum atomic E-state index is 11.5. The van der Waals surface area contributed by atoms with Gasteiger partial charge < -0.3 is 28.4 Å². The van der Waals surface area contributed by atoms with Crippen LogP contribution in [0.3, 0.4) is 0 Å². The number of ether oxygens (including phenoxy) is 6. The molecular weight excluding hydrogens is 704 g/mol. The summed E-state index contributed by atoms with van der Waals surface area (Å²) in [5, 5.41) is 23.0. The van der Waals surface area contributed by atoms with Gasteiger partial charge in [-0.3, -0.25) is 20.2 Å². The van der Waals surface area contributed by atoms with Crippen molar-refractivity contribution in [2.45, 2.75) is 19.3 Å². The fraction of sp³-hybridized carbons (Fsp3) is 0.163. The van der Waals surface area contributed by atoms with Gasteiger partial charge in [0.2, 0.25) is 11.5 Å². The Morgan fingerprint density at radius 2 is 0.836 bits per heavy atom. The number of fused-ring (bicyclic) bond motifs is 3. The van der Waals surface area contributed by atoms with Crippen LogP contribution >= 0.6 is 0 Å². The Morgan fingerprint density at radius 3 is 1.15 bits per heavy atom. The second-order valence-electron chi connectivity index (χ2n) is 12.9. The summed E-state index contributed by atoms with van der Waals surface area (Å²) in [5.74, 6) is 2.75. The molecule has 0 amide bonds. The van der Waals surface area contributed by atoms with E-state index in [9.17, 15) is 20.2 Å². The molecule has 0 bridgehead atoms. The van der Waals surface area contributed by atoms with E-state index in [4.69, 9.17) is 28.4 Å². The second kappa shape index (κ2) is 14.4. The van der Waals surface area contributed by atoms with Crippen LogP contribution in [0.2, 0.25) is 0 Å². The summed E-state index contributed by atoms with van der Waals surface area (Å²) in [5.41, 5.74) is 5.38. The van der Waals surface area contributed by atoms with Gasteiger partial charge >= 0.3 is 0 Å². The Morgan fingerprint density at radius 1 is 0.491 bits per heavy atom. The average Bonchev–Trinajstić information content (AvgIpc) is 3.49. The highest BCUT2D eigenvalue weighted by atomic mass is 16.6. The van der Waals surface area contributed by atoms with Gasteiger partial charge in [-0.25, -0.2) is 0 Å². The van der Waals surface area contributed by atoms with E-state index < -0.39 is 15.3 Å². The number of aryl methyl sites for hydroxylation is 2. The lowest BCUT2D eigenvalue weighted by Crippen LogP contribution is -2.29. The monoisotopic (exact) mass is 740 g/mol. The normalized spacial score (nSPS) is 12.3. The largest absolute Gasteiger partial charge is 0.493 e. The molecule has 0 aromatic heterocycles. The number of nitro groups is 2. The molecular formula is C43H36N2O10. The predicted octanol–water partition coefficient (Wildman–Crippen LogP) is 10.1. The minimum Gasteiger partial charge on any atom is -0.493 e. The molecule has 1 aliphatic carbocycles. The van der Waals surface area contributed by atoms with Crippen molar-refractivity contribution in [2.24, 2.45) is 0 Å². The first-order valence-electron chi connectivity index (χ1n) is 17.1. The SMILES string of the molecule is COc1cc(C2(c3cc(OC)c(Oc4ccc([N+](=O)[O-])c(C)c4)c(OC)c3)c3ccccc3-c3ccccc32)cc(OC)c1Oc1ccc([N+](=O)[O-])c(C)c1. The molecule has 7 rings (SSSR count). The molecule has 0 spiro atoms. The van der Waals surface area contributed by atoms with Gasteiger partial charge in [0.05, 0.1) is 43.7 Å². The van der Waals surface area contributed by atoms with Gasteiger partial charge in [0, 0.05) is 23.3 Å². The summed E-state index contributed by atoms with van der Waals surface area (Å²) < 4.78 is 36.7. The fourth-order valence-corrected chi connectivity index (χ4v) is 7.45. The molecule has 12 nitrogen and oxygen atoms in total. The number of hydrogen-bond acceptors (Lipinski definition) is 10. The summed E-state index contributed by atoms with van der Waals surface area (Å²) in [6.45, 7) is 3.29. The van der Waals surface area contributed by atoms with Crippen molar-refractivity contribution < 1.29 is 38.3 Å². The van der Waals surface area contributed by atoms with Crippen LogP contribution in [-0.4, -0.2) is 38.3 Å². The first-order chi connectivity index (χ1) is 26.5. The van der Waals surface area contributed by atoms with Crippen LogP contribution in [0.15, 0.2) is 109 Å². The van der Waals surface area contributed by atoms with Gasteiger partial charge in [-0.2, -0.15) is 0 Å². The van der Waals surface area contributed by atoms with Crippen LogP contribution in [-0.2, 0) is 5.41 Å². The molecule has 6 aromatic carbocycles. The molecule has 0 aliphatic heterocycles. The zero-order chi connectivity index (χ0) is 39.0. The molecule has 0 atom stereocenters. The first-order valence-corrected chi connectivity index (χ1v) is 17.1. The predicted molar refractivity (Wildman–Crippen MR) is 206 cm³/mol. The maximum Gasteiger partial charge on any atom is 0.272 e. The van der Waals surface area contributed by atoms with Crippen molar-refractivity contribution in [3.05, 3.63) is 163 Å². The number of hydrogen-bond donors (Lipinski definition) is 0. The molecule has 0 radical (unpaired) electrons. The minimum absolute atomic E-state index is 0.0211. The summed E-state index contributed by atoms with van der Waals surface area (Å²) in [6, 6.07) is 33.0. The van der Waals surface area contributed by atoms with Crippen LogP contribution in [0.1, 0.15) is 33.4 Å². The van der Waals surface area contributed by atoms with Crippen molar-refractivity contribution in [1.29, 1.82) is 0 Å². The van der Waals surface area contributed by atoms with Gasteiger partial charge in [0.25, 0.3) is 11.4 Å². The third kappa shape index (κ3) is 6.07. The second-order valence-corrected chi connectivity index (χ2v) is 12.9. The van der Waals surface area contributed by atoms with Crippen LogP contribution in [0.5, 0.6) is 46.0 Å². The molecule has 55 heavy (non-hydrogen) atoms. The molecule has 0 fully saturated rings. The number of nitro benzene ring substituents is 2. The molecule has 12 heteroatoms. The van der Waals surface area contributed by atoms with Crippen molar-refractivity contribution in [1.82, 2.24) is 0 Å². The number of rotatable bonds is 12. The zero-order valence-corrected chi connectivity index (χ0v) is 30.9. The molecule has 0 unspecified atom stereocenters. The summed E-state index contributed by atoms with van der Waals surface area (Å²) >= 11 is 0. The lowest BCUT2D eigenvalue weighted by molar-refractivity contribution is -0.385. The number of benzene rings is 6. The molecule has 0 saturated heterocycles. The first kappa shape index (κ1) is 36.3. The van der Waals surface area contributed by atoms with Gasteiger partial charge in [0.1, 0.15) is 11.5 Å². The molecule has 278 valence electrons. The standard InChI is InChI=1S/C43H36N2O10/c1-25-19-29(15-17-35(25)44(46)47)54-41-37(50-3)21-27(22-38(41)51-4)43(33-13-9-7-11-31(33)32-12-8-10-14-34(32)43)28-23-39(52-5)42(40(24-28)53-6)55-30-16-18-36(45(48)49)26(2)20-30/h7-24H,1-6H3. The Hall–Kier alpha value is -7.08. The van der Waals surface area contributed by atoms with Crippen molar-refractivity contribution in [3.63, 3.8) is 0 Å². The molecule has 0 N–H and O–H groups in total. The van der Waals surface area contributed by atoms with Gasteiger partial charge in [-0.05, 0) is 95.8 Å². The topological polar surface area (TPSA) is 142 Å². The molecule has 0 heterocycles. The minimum atomic E-state index is -1.00. The van der Waals surface area contributed by atoms with Crippen molar-refractivity contribution in [3.8, 4) is 57.1 Å². The van der Waals surface area contributed by atoms with E-state index >= 15 is 0 Å². The van der Waals surface area contributed by atoms with Gasteiger partial charge in [-0.15, -0.1) is 0 Å². The van der Waals surface area contributed by atoms with Crippen LogP contribution < -0.4 is 28.4 Å². The Labute approximate surface area is 316 Å². The Balaban J connectivity index is 1.46. The van der Waals surface area contributed by atoms with Crippen LogP contribution in [0.25, 0.3) is 11.1 Å². The highest BCUT2D eigenvalue weighted by molar-refractivity contribution is 5.87. The van der Waals surface area contributed by atoms with E-state index in [1.54, 1.807) is 26.0 Å². The van der Waals surface area contributed by atoms with Gasteiger partial charge in [-0.1, -0.05) is 48.5 Å². The molecule has 1 aliphatic rings. The number of nitrogens with zero attached hydrogens (tertiary/aromatic N) is 2. The quantitative estimate of drug-likeness (QED) is 0.0877. The fourth-order valence-electron chi connectivity index (χ4n) is 7.45. The smallest absolute Gasteiger partial charge is 0.272 e. The summed E-state index contributed by atoms with van der Waals surface area (Å²) in [7, 11) is 6.14. The van der Waals surface area contributed by atoms with E-state index in [0.717, 1.165) is 33.4 Å². The molecule has 0 saturated carbocycles. The van der Waals surface area contributed by atoms with Crippen molar-refractivity contribution in [2.75, 3.05) is 28.4 Å². The Bertz CT molecular complexity index is 2270. The van der Waals surface area contributed by atoms with Crippen molar-refractivity contribution >= 4 is 11.4 Å². The number of methoxy groups -OCH3 is 4. The van der Waals surface area contributed by atoms with E-state index in [1.165, 1.54) is 52.7 Å².